The lowest BCUT2D eigenvalue weighted by Gasteiger charge is -2.15. The van der Waals surface area contributed by atoms with Crippen LogP contribution < -0.4 is 10.6 Å². The van der Waals surface area contributed by atoms with Gasteiger partial charge in [-0.05, 0) is 19.8 Å². The zero-order chi connectivity index (χ0) is 13.0. The van der Waals surface area contributed by atoms with Crippen molar-refractivity contribution in [1.82, 2.24) is 25.4 Å². The molecule has 0 unspecified atom stereocenters. The largest absolute Gasteiger partial charge is 0.376 e. The molecule has 2 N–H and O–H groups in total. The van der Waals surface area contributed by atoms with Gasteiger partial charge in [0.05, 0.1) is 12.1 Å². The van der Waals surface area contributed by atoms with Gasteiger partial charge in [-0.1, -0.05) is 0 Å². The molecular formula is C11H19N5O2. The summed E-state index contributed by atoms with van der Waals surface area (Å²) in [5.41, 5.74) is 0. The minimum absolute atomic E-state index is 0.154. The number of ether oxygens (including phenoxy) is 1. The first-order valence-electron chi connectivity index (χ1n) is 6.16. The van der Waals surface area contributed by atoms with E-state index < -0.39 is 0 Å². The van der Waals surface area contributed by atoms with E-state index in [4.69, 9.17) is 4.74 Å². The quantitative estimate of drug-likeness (QED) is 0.811. The topological polar surface area (TPSA) is 81.1 Å². The summed E-state index contributed by atoms with van der Waals surface area (Å²) in [6.07, 6.45) is 3.85. The van der Waals surface area contributed by atoms with Crippen LogP contribution in [0.4, 0.5) is 4.79 Å². The van der Waals surface area contributed by atoms with Crippen LogP contribution in [-0.4, -0.2) is 40.1 Å². The van der Waals surface area contributed by atoms with Gasteiger partial charge in [0.2, 0.25) is 0 Å². The summed E-state index contributed by atoms with van der Waals surface area (Å²) in [6.45, 7) is 3.22. The van der Waals surface area contributed by atoms with Crippen molar-refractivity contribution >= 4 is 6.03 Å². The normalized spacial score (nSPS) is 20.7. The lowest BCUT2D eigenvalue weighted by atomic mass is 10.2. The SMILES string of the molecule is C[C@@H](NC(=O)NC[C@@H]1CCCO1)c1nncn1C. The number of aryl methyl sites for hydroxylation is 1. The van der Waals surface area contributed by atoms with Gasteiger partial charge in [0.1, 0.15) is 6.33 Å². The van der Waals surface area contributed by atoms with Crippen LogP contribution in [0.5, 0.6) is 0 Å². The second-order valence-corrected chi connectivity index (χ2v) is 4.51. The third-order valence-corrected chi connectivity index (χ3v) is 3.00. The highest BCUT2D eigenvalue weighted by Crippen LogP contribution is 2.10. The van der Waals surface area contributed by atoms with Crippen LogP contribution >= 0.6 is 0 Å². The number of urea groups is 1. The number of carbonyl (C=O) groups is 1. The van der Waals surface area contributed by atoms with Gasteiger partial charge in [-0.2, -0.15) is 0 Å². The lowest BCUT2D eigenvalue weighted by Crippen LogP contribution is -2.41. The second kappa shape index (κ2) is 5.81. The van der Waals surface area contributed by atoms with Crippen LogP contribution in [0.15, 0.2) is 6.33 Å². The summed E-state index contributed by atoms with van der Waals surface area (Å²) in [7, 11) is 1.85. The van der Waals surface area contributed by atoms with Crippen LogP contribution in [0.1, 0.15) is 31.6 Å². The maximum absolute atomic E-state index is 11.7. The maximum Gasteiger partial charge on any atom is 0.315 e. The Morgan fingerprint density at radius 1 is 1.72 bits per heavy atom. The van der Waals surface area contributed by atoms with Gasteiger partial charge in [0.15, 0.2) is 5.82 Å². The summed E-state index contributed by atoms with van der Waals surface area (Å²) in [5, 5.41) is 13.4. The van der Waals surface area contributed by atoms with Crippen molar-refractivity contribution in [3.63, 3.8) is 0 Å². The molecule has 2 atom stereocenters. The molecule has 0 aliphatic carbocycles. The highest BCUT2D eigenvalue weighted by atomic mass is 16.5. The third kappa shape index (κ3) is 3.19. The number of amides is 2. The number of rotatable bonds is 4. The van der Waals surface area contributed by atoms with Crippen LogP contribution in [0.25, 0.3) is 0 Å². The average Bonchev–Trinajstić information content (AvgIpc) is 2.97. The molecule has 100 valence electrons. The third-order valence-electron chi connectivity index (χ3n) is 3.00. The maximum atomic E-state index is 11.7. The molecule has 1 saturated heterocycles. The summed E-state index contributed by atoms with van der Waals surface area (Å²) in [6, 6.07) is -0.386. The molecule has 7 nitrogen and oxygen atoms in total. The van der Waals surface area contributed by atoms with Crippen molar-refractivity contribution in [1.29, 1.82) is 0 Å². The Morgan fingerprint density at radius 3 is 3.17 bits per heavy atom. The first kappa shape index (κ1) is 12.8. The van der Waals surface area contributed by atoms with Gasteiger partial charge < -0.3 is 19.9 Å². The molecule has 0 radical (unpaired) electrons. The first-order valence-corrected chi connectivity index (χ1v) is 6.16. The van der Waals surface area contributed by atoms with Crippen molar-refractivity contribution in [2.24, 2.45) is 7.05 Å². The molecule has 0 spiro atoms. The number of carbonyl (C=O) groups excluding carboxylic acids is 1. The fraction of sp³-hybridized carbons (Fsp3) is 0.727. The van der Waals surface area contributed by atoms with E-state index in [9.17, 15) is 4.79 Å². The van der Waals surface area contributed by atoms with E-state index in [0.29, 0.717) is 6.54 Å². The van der Waals surface area contributed by atoms with Crippen molar-refractivity contribution in [3.8, 4) is 0 Å². The van der Waals surface area contributed by atoms with E-state index >= 15 is 0 Å². The summed E-state index contributed by atoms with van der Waals surface area (Å²) in [4.78, 5) is 11.7. The summed E-state index contributed by atoms with van der Waals surface area (Å²) < 4.78 is 7.21. The zero-order valence-corrected chi connectivity index (χ0v) is 10.7. The molecule has 1 aliphatic rings. The summed E-state index contributed by atoms with van der Waals surface area (Å²) >= 11 is 0. The molecule has 2 amide bonds. The highest BCUT2D eigenvalue weighted by molar-refractivity contribution is 5.74. The Hall–Kier alpha value is -1.63. The zero-order valence-electron chi connectivity index (χ0n) is 10.7. The Labute approximate surface area is 106 Å². The van der Waals surface area contributed by atoms with E-state index in [-0.39, 0.29) is 18.2 Å². The van der Waals surface area contributed by atoms with E-state index in [0.717, 1.165) is 25.3 Å². The van der Waals surface area contributed by atoms with Crippen LogP contribution in [0.2, 0.25) is 0 Å². The Balaban J connectivity index is 1.75. The molecule has 1 aliphatic heterocycles. The van der Waals surface area contributed by atoms with E-state index in [1.807, 2.05) is 14.0 Å². The van der Waals surface area contributed by atoms with Crippen molar-refractivity contribution in [2.45, 2.75) is 31.9 Å². The van der Waals surface area contributed by atoms with E-state index in [1.54, 1.807) is 10.9 Å². The minimum atomic E-state index is -0.207. The lowest BCUT2D eigenvalue weighted by molar-refractivity contribution is 0.111. The van der Waals surface area contributed by atoms with Gasteiger partial charge in [0, 0.05) is 20.2 Å². The van der Waals surface area contributed by atoms with Crippen molar-refractivity contribution < 1.29 is 9.53 Å². The van der Waals surface area contributed by atoms with Gasteiger partial charge in [-0.15, -0.1) is 10.2 Å². The molecule has 1 aromatic rings. The second-order valence-electron chi connectivity index (χ2n) is 4.51. The molecule has 0 bridgehead atoms. The van der Waals surface area contributed by atoms with Gasteiger partial charge in [0.25, 0.3) is 0 Å². The molecule has 1 fully saturated rings. The number of hydrogen-bond donors (Lipinski definition) is 2. The molecule has 2 heterocycles. The fourth-order valence-corrected chi connectivity index (χ4v) is 2.01. The van der Waals surface area contributed by atoms with Gasteiger partial charge in [-0.3, -0.25) is 0 Å². The first-order chi connectivity index (χ1) is 8.66. The van der Waals surface area contributed by atoms with E-state index in [1.165, 1.54) is 0 Å². The minimum Gasteiger partial charge on any atom is -0.376 e. The Kier molecular flexibility index (Phi) is 4.14. The monoisotopic (exact) mass is 253 g/mol. The number of aromatic nitrogens is 3. The Bertz CT molecular complexity index is 400. The fourth-order valence-electron chi connectivity index (χ4n) is 2.01. The molecule has 2 rings (SSSR count). The molecule has 1 aromatic heterocycles. The van der Waals surface area contributed by atoms with E-state index in [2.05, 4.69) is 20.8 Å². The number of nitrogens with zero attached hydrogens (tertiary/aromatic N) is 3. The molecule has 7 heteroatoms. The van der Waals surface area contributed by atoms with Crippen LogP contribution in [0, 0.1) is 0 Å². The Morgan fingerprint density at radius 2 is 2.56 bits per heavy atom. The molecular weight excluding hydrogens is 234 g/mol. The predicted molar refractivity (Wildman–Crippen MR) is 64.9 cm³/mol. The van der Waals surface area contributed by atoms with Gasteiger partial charge in [-0.25, -0.2) is 4.79 Å². The summed E-state index contributed by atoms with van der Waals surface area (Å²) in [5.74, 6) is 0.724. The number of nitrogens with one attached hydrogen (secondary N) is 2. The average molecular weight is 253 g/mol. The highest BCUT2D eigenvalue weighted by Gasteiger charge is 2.18. The standard InChI is InChI=1S/C11H19N5O2/c1-8(10-15-13-7-16(10)2)14-11(17)12-6-9-4-3-5-18-9/h7-9H,3-6H2,1-2H3,(H2,12,14,17)/t8-,9+/m1/s1. The van der Waals surface area contributed by atoms with Crippen LogP contribution in [0.3, 0.4) is 0 Å². The smallest absolute Gasteiger partial charge is 0.315 e. The predicted octanol–water partition coefficient (Wildman–Crippen LogP) is 0.354. The van der Waals surface area contributed by atoms with Crippen molar-refractivity contribution in [3.05, 3.63) is 12.2 Å². The van der Waals surface area contributed by atoms with Crippen molar-refractivity contribution in [2.75, 3.05) is 13.2 Å². The molecule has 0 aromatic carbocycles. The molecule has 18 heavy (non-hydrogen) atoms. The number of hydrogen-bond acceptors (Lipinski definition) is 4. The van der Waals surface area contributed by atoms with Gasteiger partial charge >= 0.3 is 6.03 Å². The molecule has 0 saturated carbocycles. The van der Waals surface area contributed by atoms with Crippen LogP contribution in [-0.2, 0) is 11.8 Å².